The fraction of sp³-hybridized carbons (Fsp3) is 0.125. The van der Waals surface area contributed by atoms with Crippen LogP contribution in [0, 0.1) is 0 Å². The number of nitrogens with one attached hydrogen (secondary N) is 1. The van der Waals surface area contributed by atoms with Gasteiger partial charge < -0.3 is 0 Å². The van der Waals surface area contributed by atoms with Crippen LogP contribution < -0.4 is 5.48 Å². The smallest absolute Gasteiger partial charge is 0.267 e. The maximum atomic E-state index is 11.3. The first-order valence-corrected chi connectivity index (χ1v) is 6.02. The van der Waals surface area contributed by atoms with Crippen molar-refractivity contribution in [2.75, 3.05) is 6.26 Å². The molecule has 15 heavy (non-hydrogen) atoms. The summed E-state index contributed by atoms with van der Waals surface area (Å²) in [6, 6.07) is 5.92. The molecule has 82 valence electrons. The molecule has 0 saturated heterocycles. The lowest BCUT2D eigenvalue weighted by molar-refractivity contribution is 0.0772. The summed E-state index contributed by atoms with van der Waals surface area (Å²) in [7, 11) is -3.69. The molecular weight excluding hydrogens is 242 g/mol. The molecule has 0 atom stereocenters. The van der Waals surface area contributed by atoms with Gasteiger partial charge in [-0.3, -0.25) is 4.79 Å². The zero-order chi connectivity index (χ0) is 11.5. The predicted octanol–water partition coefficient (Wildman–Crippen LogP) is 0.961. The van der Waals surface area contributed by atoms with Crippen LogP contribution in [-0.2, 0) is 14.4 Å². The van der Waals surface area contributed by atoms with Crippen LogP contribution in [0.4, 0.5) is 0 Å². The lowest BCUT2D eigenvalue weighted by Gasteiger charge is -2.02. The van der Waals surface area contributed by atoms with E-state index in [-0.39, 0.29) is 5.56 Å². The van der Waals surface area contributed by atoms with Gasteiger partial charge in [-0.25, -0.2) is 5.48 Å². The molecule has 1 rings (SSSR count). The van der Waals surface area contributed by atoms with E-state index in [1.165, 1.54) is 24.3 Å². The molecule has 5 nitrogen and oxygen atoms in total. The van der Waals surface area contributed by atoms with Gasteiger partial charge in [-0.1, -0.05) is 11.6 Å². The minimum absolute atomic E-state index is 0.253. The first-order chi connectivity index (χ1) is 6.88. The summed E-state index contributed by atoms with van der Waals surface area (Å²) in [5.41, 5.74) is 2.04. The average molecular weight is 250 g/mol. The second kappa shape index (κ2) is 4.61. The van der Waals surface area contributed by atoms with Crippen molar-refractivity contribution in [1.29, 1.82) is 0 Å². The highest BCUT2D eigenvalue weighted by Crippen LogP contribution is 2.09. The van der Waals surface area contributed by atoms with Crippen molar-refractivity contribution >= 4 is 27.6 Å². The summed E-state index contributed by atoms with van der Waals surface area (Å²) in [5, 5.41) is 0.482. The average Bonchev–Trinajstić information content (AvgIpc) is 2.14. The van der Waals surface area contributed by atoms with Crippen LogP contribution in [0.2, 0.25) is 5.02 Å². The van der Waals surface area contributed by atoms with Crippen molar-refractivity contribution in [2.45, 2.75) is 0 Å². The molecule has 0 aliphatic heterocycles. The van der Waals surface area contributed by atoms with E-state index in [4.69, 9.17) is 11.6 Å². The van der Waals surface area contributed by atoms with Crippen LogP contribution in [0.1, 0.15) is 10.4 Å². The molecule has 0 saturated carbocycles. The van der Waals surface area contributed by atoms with E-state index >= 15 is 0 Å². The van der Waals surface area contributed by atoms with Crippen molar-refractivity contribution in [3.05, 3.63) is 34.9 Å². The van der Waals surface area contributed by atoms with Gasteiger partial charge in [0.1, 0.15) is 0 Å². The molecule has 7 heteroatoms. The molecule has 0 radical (unpaired) electrons. The van der Waals surface area contributed by atoms with Crippen LogP contribution in [0.3, 0.4) is 0 Å². The highest BCUT2D eigenvalue weighted by Gasteiger charge is 2.08. The monoisotopic (exact) mass is 249 g/mol. The Balaban J connectivity index is 2.66. The Hall–Kier alpha value is -1.11. The zero-order valence-electron chi connectivity index (χ0n) is 7.73. The SMILES string of the molecule is CS(=O)(=O)ONC(=O)c1ccc(Cl)cc1. The third-order valence-corrected chi connectivity index (χ3v) is 2.03. The van der Waals surface area contributed by atoms with E-state index in [9.17, 15) is 13.2 Å². The maximum Gasteiger partial charge on any atom is 0.285 e. The van der Waals surface area contributed by atoms with Crippen molar-refractivity contribution in [3.63, 3.8) is 0 Å². The van der Waals surface area contributed by atoms with Crippen molar-refractivity contribution in [3.8, 4) is 0 Å². The summed E-state index contributed by atoms with van der Waals surface area (Å²) < 4.78 is 25.2. The topological polar surface area (TPSA) is 72.5 Å². The van der Waals surface area contributed by atoms with Crippen LogP contribution >= 0.6 is 11.6 Å². The van der Waals surface area contributed by atoms with Crippen molar-refractivity contribution < 1.29 is 17.5 Å². The molecule has 0 heterocycles. The summed E-state index contributed by atoms with van der Waals surface area (Å²) in [6.45, 7) is 0. The van der Waals surface area contributed by atoms with Crippen molar-refractivity contribution in [2.24, 2.45) is 0 Å². The Labute approximate surface area is 92.1 Å². The largest absolute Gasteiger partial charge is 0.285 e. The van der Waals surface area contributed by atoms with Gasteiger partial charge in [0.2, 0.25) is 0 Å². The molecule has 1 N–H and O–H groups in total. The van der Waals surface area contributed by atoms with E-state index in [1.807, 2.05) is 0 Å². The fourth-order valence-electron chi connectivity index (χ4n) is 0.774. The predicted molar refractivity (Wildman–Crippen MR) is 54.8 cm³/mol. The number of benzene rings is 1. The molecule has 0 aliphatic carbocycles. The van der Waals surface area contributed by atoms with Gasteiger partial charge in [-0.15, -0.1) is 4.28 Å². The minimum Gasteiger partial charge on any atom is -0.267 e. The van der Waals surface area contributed by atoms with E-state index in [1.54, 1.807) is 5.48 Å². The van der Waals surface area contributed by atoms with Crippen molar-refractivity contribution in [1.82, 2.24) is 5.48 Å². The lowest BCUT2D eigenvalue weighted by Crippen LogP contribution is -2.26. The van der Waals surface area contributed by atoms with Crippen LogP contribution in [0.15, 0.2) is 24.3 Å². The molecule has 1 amide bonds. The minimum atomic E-state index is -3.69. The van der Waals surface area contributed by atoms with E-state index in [0.29, 0.717) is 5.02 Å². The zero-order valence-corrected chi connectivity index (χ0v) is 9.30. The quantitative estimate of drug-likeness (QED) is 0.810. The third-order valence-electron chi connectivity index (χ3n) is 1.39. The Morgan fingerprint density at radius 2 is 1.87 bits per heavy atom. The molecule has 0 unspecified atom stereocenters. The van der Waals surface area contributed by atoms with Gasteiger partial charge in [0, 0.05) is 10.6 Å². The fourth-order valence-corrected chi connectivity index (χ4v) is 1.13. The number of rotatable bonds is 3. The number of carbonyl (C=O) groups is 1. The third kappa shape index (κ3) is 4.28. The number of hydrogen-bond acceptors (Lipinski definition) is 4. The lowest BCUT2D eigenvalue weighted by atomic mass is 10.2. The number of amides is 1. The summed E-state index contributed by atoms with van der Waals surface area (Å²) >= 11 is 5.61. The molecule has 0 spiro atoms. The van der Waals surface area contributed by atoms with E-state index < -0.39 is 16.0 Å². The number of halogens is 1. The van der Waals surface area contributed by atoms with Crippen LogP contribution in [0.5, 0.6) is 0 Å². The molecular formula is C8H8ClNO4S. The first-order valence-electron chi connectivity index (χ1n) is 3.83. The molecule has 0 aliphatic rings. The second-order valence-electron chi connectivity index (χ2n) is 2.73. The van der Waals surface area contributed by atoms with Gasteiger partial charge in [0.25, 0.3) is 16.0 Å². The molecule has 0 fully saturated rings. The number of carbonyl (C=O) groups excluding carboxylic acids is 1. The molecule has 1 aromatic rings. The Morgan fingerprint density at radius 3 is 2.33 bits per heavy atom. The van der Waals surface area contributed by atoms with Gasteiger partial charge >= 0.3 is 0 Å². The Morgan fingerprint density at radius 1 is 1.33 bits per heavy atom. The molecule has 0 bridgehead atoms. The second-order valence-corrected chi connectivity index (χ2v) is 4.74. The van der Waals surface area contributed by atoms with E-state index in [2.05, 4.69) is 4.28 Å². The Bertz CT molecular complexity index is 454. The normalized spacial score (nSPS) is 11.1. The first kappa shape index (κ1) is 12.0. The van der Waals surface area contributed by atoms with Gasteiger partial charge in [-0.05, 0) is 24.3 Å². The highest BCUT2D eigenvalue weighted by molar-refractivity contribution is 7.85. The van der Waals surface area contributed by atoms with E-state index in [0.717, 1.165) is 6.26 Å². The summed E-state index contributed by atoms with van der Waals surface area (Å²) in [5.74, 6) is -0.655. The molecule has 1 aromatic carbocycles. The van der Waals surface area contributed by atoms with Gasteiger partial charge in [-0.2, -0.15) is 8.42 Å². The summed E-state index contributed by atoms with van der Waals surface area (Å²) in [6.07, 6.45) is 0.829. The standard InChI is InChI=1S/C8H8ClNO4S/c1-15(12,13)14-10-8(11)6-2-4-7(9)5-3-6/h2-5H,1H3,(H,10,11). The summed E-state index contributed by atoms with van der Waals surface area (Å²) in [4.78, 5) is 11.3. The van der Waals surface area contributed by atoms with Crippen LogP contribution in [0.25, 0.3) is 0 Å². The number of hydrogen-bond donors (Lipinski definition) is 1. The Kier molecular flexibility index (Phi) is 3.67. The van der Waals surface area contributed by atoms with Gasteiger partial charge in [0.05, 0.1) is 6.26 Å². The van der Waals surface area contributed by atoms with Crippen LogP contribution in [-0.4, -0.2) is 20.6 Å². The molecule has 0 aromatic heterocycles. The number of hydroxylamine groups is 1. The maximum absolute atomic E-state index is 11.3. The van der Waals surface area contributed by atoms with Gasteiger partial charge in [0.15, 0.2) is 0 Å². The highest BCUT2D eigenvalue weighted by atomic mass is 35.5.